The Bertz CT molecular complexity index is 1500. The van der Waals surface area contributed by atoms with Gasteiger partial charge in [-0.1, -0.05) is 24.3 Å². The lowest BCUT2D eigenvalue weighted by atomic mass is 10.1. The summed E-state index contributed by atoms with van der Waals surface area (Å²) >= 11 is 1.25. The summed E-state index contributed by atoms with van der Waals surface area (Å²) in [4.78, 5) is 25.6. The van der Waals surface area contributed by atoms with Crippen LogP contribution in [0.2, 0.25) is 0 Å². The number of nitrogens with zero attached hydrogens (tertiary/aromatic N) is 1. The molecule has 0 fully saturated rings. The van der Waals surface area contributed by atoms with Crippen molar-refractivity contribution >= 4 is 40.2 Å². The van der Waals surface area contributed by atoms with Gasteiger partial charge in [0.05, 0.1) is 11.3 Å². The van der Waals surface area contributed by atoms with Gasteiger partial charge in [0.15, 0.2) is 0 Å². The Hall–Kier alpha value is -4.13. The third kappa shape index (κ3) is 7.72. The molecule has 0 bridgehead atoms. The highest BCUT2D eigenvalue weighted by molar-refractivity contribution is 8.00. The van der Waals surface area contributed by atoms with Crippen molar-refractivity contribution in [2.24, 2.45) is 0 Å². The van der Waals surface area contributed by atoms with Crippen LogP contribution in [0.25, 0.3) is 10.9 Å². The second-order valence-electron chi connectivity index (χ2n) is 8.45. The summed E-state index contributed by atoms with van der Waals surface area (Å²) in [5.41, 5.74) is 0.129. The number of hydrogen-bond acceptors (Lipinski definition) is 4. The van der Waals surface area contributed by atoms with Crippen LogP contribution < -0.4 is 15.4 Å². The van der Waals surface area contributed by atoms with Crippen LogP contribution in [-0.2, 0) is 17.5 Å². The van der Waals surface area contributed by atoms with E-state index in [1.165, 1.54) is 36.0 Å². The number of carbonyl (C=O) groups excluding carboxylic acids is 2. The molecule has 0 aliphatic rings. The molecule has 1 aromatic heterocycles. The van der Waals surface area contributed by atoms with E-state index in [0.29, 0.717) is 12.2 Å². The number of nitrogens with one attached hydrogen (secondary N) is 2. The zero-order chi connectivity index (χ0) is 28.9. The zero-order valence-electron chi connectivity index (χ0n) is 20.5. The van der Waals surface area contributed by atoms with E-state index in [4.69, 9.17) is 0 Å². The fraction of sp³-hybridized carbons (Fsp3) is 0.185. The monoisotopic (exact) mass is 581 g/mol. The van der Waals surface area contributed by atoms with Crippen molar-refractivity contribution < 1.29 is 40.7 Å². The highest BCUT2D eigenvalue weighted by Gasteiger charge is 2.31. The van der Waals surface area contributed by atoms with Gasteiger partial charge in [-0.25, -0.2) is 0 Å². The van der Waals surface area contributed by atoms with Gasteiger partial charge in [0.1, 0.15) is 5.75 Å². The lowest BCUT2D eigenvalue weighted by Gasteiger charge is -2.10. The number of hydrogen-bond donors (Lipinski definition) is 2. The van der Waals surface area contributed by atoms with Crippen LogP contribution in [0.1, 0.15) is 15.9 Å². The van der Waals surface area contributed by atoms with Gasteiger partial charge in [-0.05, 0) is 48.5 Å². The number of alkyl halides is 6. The lowest BCUT2D eigenvalue weighted by molar-refractivity contribution is -0.274. The molecule has 0 spiro atoms. The van der Waals surface area contributed by atoms with Crippen LogP contribution in [0.4, 0.5) is 32.0 Å². The molecule has 210 valence electrons. The summed E-state index contributed by atoms with van der Waals surface area (Å²) in [6, 6.07) is 16.3. The van der Waals surface area contributed by atoms with Crippen LogP contribution in [0.3, 0.4) is 0 Å². The van der Waals surface area contributed by atoms with Gasteiger partial charge in [0.25, 0.3) is 5.91 Å². The predicted octanol–water partition coefficient (Wildman–Crippen LogP) is 6.72. The van der Waals surface area contributed by atoms with Crippen molar-refractivity contribution in [3.63, 3.8) is 0 Å². The van der Waals surface area contributed by atoms with Crippen molar-refractivity contribution in [3.8, 4) is 5.75 Å². The smallest absolute Gasteiger partial charge is 0.406 e. The van der Waals surface area contributed by atoms with Gasteiger partial charge in [-0.3, -0.25) is 9.59 Å². The van der Waals surface area contributed by atoms with E-state index in [2.05, 4.69) is 15.4 Å². The average Bonchev–Trinajstić information content (AvgIpc) is 3.25. The Morgan fingerprint density at radius 2 is 1.62 bits per heavy atom. The molecule has 4 aromatic rings. The van der Waals surface area contributed by atoms with Crippen molar-refractivity contribution in [2.75, 3.05) is 17.6 Å². The van der Waals surface area contributed by atoms with E-state index in [9.17, 15) is 35.9 Å². The first kappa shape index (κ1) is 28.9. The molecule has 6 nitrogen and oxygen atoms in total. The number of thioether (sulfide) groups is 1. The van der Waals surface area contributed by atoms with Gasteiger partial charge < -0.3 is 19.9 Å². The molecule has 3 aromatic carbocycles. The van der Waals surface area contributed by atoms with E-state index in [-0.39, 0.29) is 23.8 Å². The minimum Gasteiger partial charge on any atom is -0.406 e. The number of anilines is 1. The van der Waals surface area contributed by atoms with Crippen molar-refractivity contribution in [1.29, 1.82) is 0 Å². The standard InChI is InChI=1S/C27H21F6N3O3S/c28-26(29,30)18-5-3-4-17(14-18)25(38)34-12-13-36-15-23(21-6-1-2-7-22(21)36)40-16-24(37)35-19-8-10-20(11-9-19)39-27(31,32)33/h1-11,14-15H,12-13,16H2,(H,34,38)(H,35,37). The molecular weight excluding hydrogens is 560 g/mol. The highest BCUT2D eigenvalue weighted by Crippen LogP contribution is 2.31. The molecule has 1 heterocycles. The largest absolute Gasteiger partial charge is 0.573 e. The molecule has 0 unspecified atom stereocenters. The zero-order valence-corrected chi connectivity index (χ0v) is 21.3. The molecular formula is C27H21F6N3O3S. The first-order chi connectivity index (χ1) is 18.9. The molecule has 0 atom stereocenters. The molecule has 0 saturated heterocycles. The number of rotatable bonds is 9. The minimum absolute atomic E-state index is 0.0150. The van der Waals surface area contributed by atoms with Gasteiger partial charge in [-0.15, -0.1) is 24.9 Å². The normalized spacial score (nSPS) is 11.8. The number of carbonyl (C=O) groups is 2. The van der Waals surface area contributed by atoms with E-state index < -0.39 is 29.8 Å². The number of ether oxygens (including phenoxy) is 1. The molecule has 2 amide bonds. The van der Waals surface area contributed by atoms with Crippen LogP contribution in [0, 0.1) is 0 Å². The highest BCUT2D eigenvalue weighted by atomic mass is 32.2. The summed E-state index contributed by atoms with van der Waals surface area (Å²) in [5, 5.41) is 6.10. The predicted molar refractivity (Wildman–Crippen MR) is 138 cm³/mol. The Kier molecular flexibility index (Phi) is 8.62. The van der Waals surface area contributed by atoms with E-state index in [0.717, 1.165) is 40.1 Å². The minimum atomic E-state index is -4.81. The van der Waals surface area contributed by atoms with E-state index in [1.54, 1.807) is 0 Å². The Morgan fingerprint density at radius 3 is 2.33 bits per heavy atom. The molecule has 4 rings (SSSR count). The maximum absolute atomic E-state index is 12.9. The Balaban J connectivity index is 1.35. The van der Waals surface area contributed by atoms with Gasteiger partial charge in [0, 0.05) is 46.3 Å². The second kappa shape index (κ2) is 11.9. The van der Waals surface area contributed by atoms with Crippen LogP contribution in [0.5, 0.6) is 5.75 Å². The fourth-order valence-electron chi connectivity index (χ4n) is 3.82. The van der Waals surface area contributed by atoms with Gasteiger partial charge >= 0.3 is 12.5 Å². The van der Waals surface area contributed by atoms with E-state index in [1.807, 2.05) is 35.0 Å². The molecule has 0 radical (unpaired) electrons. The first-order valence-corrected chi connectivity index (χ1v) is 12.7. The van der Waals surface area contributed by atoms with Gasteiger partial charge in [0.2, 0.25) is 5.91 Å². The van der Waals surface area contributed by atoms with Crippen LogP contribution in [0.15, 0.2) is 83.9 Å². The van der Waals surface area contributed by atoms with E-state index >= 15 is 0 Å². The SMILES string of the molecule is O=C(CSc1cn(CCNC(=O)c2cccc(C(F)(F)F)c2)c2ccccc12)Nc1ccc(OC(F)(F)F)cc1. The number of aromatic nitrogens is 1. The molecule has 40 heavy (non-hydrogen) atoms. The number of amides is 2. The molecule has 0 aliphatic carbocycles. The summed E-state index contributed by atoms with van der Waals surface area (Å²) < 4.78 is 81.4. The summed E-state index contributed by atoms with van der Waals surface area (Å²) in [6.45, 7) is 0.469. The molecule has 2 N–H and O–H groups in total. The first-order valence-electron chi connectivity index (χ1n) is 11.7. The molecule has 0 aliphatic heterocycles. The number of para-hydroxylation sites is 1. The summed E-state index contributed by atoms with van der Waals surface area (Å²) in [6.07, 6.45) is -7.56. The number of halogens is 6. The van der Waals surface area contributed by atoms with Crippen molar-refractivity contribution in [3.05, 3.63) is 90.1 Å². The maximum atomic E-state index is 12.9. The molecule has 13 heteroatoms. The number of fused-ring (bicyclic) bond motifs is 1. The Labute approximate surface area is 228 Å². The third-order valence-corrected chi connectivity index (χ3v) is 6.62. The molecule has 0 saturated carbocycles. The second-order valence-corrected chi connectivity index (χ2v) is 9.46. The lowest BCUT2D eigenvalue weighted by Crippen LogP contribution is -2.27. The summed E-state index contributed by atoms with van der Waals surface area (Å²) in [5.74, 6) is -1.40. The Morgan fingerprint density at radius 1 is 0.900 bits per heavy atom. The summed E-state index contributed by atoms with van der Waals surface area (Å²) in [7, 11) is 0. The topological polar surface area (TPSA) is 72.4 Å². The maximum Gasteiger partial charge on any atom is 0.573 e. The average molecular weight is 582 g/mol. The van der Waals surface area contributed by atoms with Crippen LogP contribution in [-0.4, -0.2) is 35.0 Å². The number of benzene rings is 3. The fourth-order valence-corrected chi connectivity index (χ4v) is 4.71. The quantitative estimate of drug-likeness (QED) is 0.170. The van der Waals surface area contributed by atoms with Crippen LogP contribution >= 0.6 is 11.8 Å². The third-order valence-electron chi connectivity index (χ3n) is 5.57. The van der Waals surface area contributed by atoms with Crippen molar-refractivity contribution in [1.82, 2.24) is 9.88 Å². The van der Waals surface area contributed by atoms with Gasteiger partial charge in [-0.2, -0.15) is 13.2 Å². The van der Waals surface area contributed by atoms with Crippen molar-refractivity contribution in [2.45, 2.75) is 24.0 Å².